The van der Waals surface area contributed by atoms with Crippen molar-refractivity contribution in [3.63, 3.8) is 0 Å². The summed E-state index contributed by atoms with van der Waals surface area (Å²) in [5, 5.41) is 7.67. The van der Waals surface area contributed by atoms with Crippen LogP contribution in [0.4, 0.5) is 0 Å². The summed E-state index contributed by atoms with van der Waals surface area (Å²) in [6, 6.07) is 12.3. The van der Waals surface area contributed by atoms with E-state index < -0.39 is 0 Å². The highest BCUT2D eigenvalue weighted by atomic mass is 16.5. The summed E-state index contributed by atoms with van der Waals surface area (Å²) in [7, 11) is 3.63. The van der Waals surface area contributed by atoms with Crippen molar-refractivity contribution >= 4 is 22.6 Å². The molecule has 0 heterocycles. The van der Waals surface area contributed by atoms with E-state index in [4.69, 9.17) is 4.74 Å². The highest BCUT2D eigenvalue weighted by Crippen LogP contribution is 2.21. The first-order valence-corrected chi connectivity index (χ1v) is 8.93. The molecule has 0 radical (unpaired) electrons. The van der Waals surface area contributed by atoms with Crippen LogP contribution in [-0.2, 0) is 16.1 Å². The zero-order valence-corrected chi connectivity index (χ0v) is 15.7. The summed E-state index contributed by atoms with van der Waals surface area (Å²) in [4.78, 5) is 24.6. The van der Waals surface area contributed by atoms with E-state index in [1.54, 1.807) is 7.11 Å². The van der Waals surface area contributed by atoms with Gasteiger partial charge in [-0.3, -0.25) is 9.59 Å². The number of methoxy groups -OCH3 is 1. The van der Waals surface area contributed by atoms with Gasteiger partial charge in [-0.25, -0.2) is 0 Å². The van der Waals surface area contributed by atoms with E-state index in [2.05, 4.69) is 28.8 Å². The minimum absolute atomic E-state index is 0.0317. The van der Waals surface area contributed by atoms with Gasteiger partial charge in [0.15, 0.2) is 6.54 Å². The van der Waals surface area contributed by atoms with Gasteiger partial charge in [0.05, 0.1) is 20.7 Å². The molecule has 0 saturated heterocycles. The molecule has 0 spiro atoms. The molecule has 2 aromatic rings. The first-order chi connectivity index (χ1) is 12.5. The van der Waals surface area contributed by atoms with Gasteiger partial charge in [-0.1, -0.05) is 25.1 Å². The van der Waals surface area contributed by atoms with Crippen LogP contribution in [0, 0.1) is 0 Å². The second-order valence-electron chi connectivity index (χ2n) is 6.48. The number of nitrogens with one attached hydrogen (secondary N) is 3. The number of hydrogen-bond acceptors (Lipinski definition) is 3. The molecular formula is C20H28N3O3+. The Hall–Kier alpha value is -2.60. The normalized spacial score (nSPS) is 11.8. The van der Waals surface area contributed by atoms with Crippen molar-refractivity contribution < 1.29 is 19.2 Å². The Balaban J connectivity index is 1.85. The number of carbonyl (C=O) groups excluding carboxylic acids is 2. The van der Waals surface area contributed by atoms with Gasteiger partial charge in [-0.2, -0.15) is 0 Å². The predicted molar refractivity (Wildman–Crippen MR) is 102 cm³/mol. The molecule has 0 fully saturated rings. The molecule has 0 saturated carbocycles. The van der Waals surface area contributed by atoms with Gasteiger partial charge in [-0.15, -0.1) is 0 Å². The summed E-state index contributed by atoms with van der Waals surface area (Å²) in [5.74, 6) is 0.565. The van der Waals surface area contributed by atoms with Crippen LogP contribution in [0.25, 0.3) is 10.8 Å². The molecule has 3 N–H and O–H groups in total. The number of ether oxygens (including phenoxy) is 1. The maximum atomic E-state index is 12.0. The number of carbonyl (C=O) groups is 2. The Morgan fingerprint density at radius 2 is 1.77 bits per heavy atom. The maximum Gasteiger partial charge on any atom is 0.275 e. The lowest BCUT2D eigenvalue weighted by Crippen LogP contribution is -3.08. The topological polar surface area (TPSA) is 71.9 Å². The number of likely N-dealkylation sites (N-methyl/N-ethyl adjacent to an activating group) is 1. The molecule has 6 heteroatoms. The molecule has 0 aliphatic heterocycles. The lowest BCUT2D eigenvalue weighted by Gasteiger charge is -2.14. The third-order valence-electron chi connectivity index (χ3n) is 4.10. The summed E-state index contributed by atoms with van der Waals surface area (Å²) in [6.45, 7) is 3.71. The van der Waals surface area contributed by atoms with E-state index in [9.17, 15) is 9.59 Å². The zero-order chi connectivity index (χ0) is 18.9. The fraction of sp³-hybridized carbons (Fsp3) is 0.400. The summed E-state index contributed by atoms with van der Waals surface area (Å²) < 4.78 is 5.25. The van der Waals surface area contributed by atoms with Crippen LogP contribution in [0.1, 0.15) is 18.9 Å². The van der Waals surface area contributed by atoms with Crippen molar-refractivity contribution in [2.75, 3.05) is 33.8 Å². The van der Waals surface area contributed by atoms with Crippen LogP contribution in [-0.4, -0.2) is 45.6 Å². The Bertz CT molecular complexity index is 761. The Morgan fingerprint density at radius 1 is 1.04 bits per heavy atom. The highest BCUT2D eigenvalue weighted by Gasteiger charge is 2.12. The fourth-order valence-corrected chi connectivity index (χ4v) is 2.76. The smallest absolute Gasteiger partial charge is 0.275 e. The Kier molecular flexibility index (Phi) is 7.41. The highest BCUT2D eigenvalue weighted by molar-refractivity contribution is 5.85. The zero-order valence-electron chi connectivity index (χ0n) is 15.7. The summed E-state index contributed by atoms with van der Waals surface area (Å²) in [6.07, 6.45) is 0.880. The van der Waals surface area contributed by atoms with Gasteiger partial charge < -0.3 is 20.3 Å². The molecule has 0 aliphatic carbocycles. The van der Waals surface area contributed by atoms with Crippen LogP contribution in [0.15, 0.2) is 36.4 Å². The maximum absolute atomic E-state index is 12.0. The van der Waals surface area contributed by atoms with Gasteiger partial charge in [-0.05, 0) is 35.4 Å². The third-order valence-corrected chi connectivity index (χ3v) is 4.10. The number of fused-ring (bicyclic) bond motifs is 1. The van der Waals surface area contributed by atoms with Crippen LogP contribution >= 0.6 is 0 Å². The second kappa shape index (κ2) is 9.77. The van der Waals surface area contributed by atoms with Gasteiger partial charge in [0.1, 0.15) is 12.3 Å². The molecule has 0 aromatic heterocycles. The molecule has 1 atom stereocenters. The van der Waals surface area contributed by atoms with E-state index in [0.29, 0.717) is 13.1 Å². The molecular weight excluding hydrogens is 330 g/mol. The van der Waals surface area contributed by atoms with E-state index in [1.807, 2.05) is 32.2 Å². The molecule has 2 rings (SSSR count). The van der Waals surface area contributed by atoms with Crippen LogP contribution in [0.5, 0.6) is 5.75 Å². The second-order valence-corrected chi connectivity index (χ2v) is 6.48. The number of quaternary nitrogens is 1. The minimum atomic E-state index is -0.150. The largest absolute Gasteiger partial charge is 0.497 e. The van der Waals surface area contributed by atoms with Crippen molar-refractivity contribution in [1.82, 2.24) is 10.6 Å². The van der Waals surface area contributed by atoms with Gasteiger partial charge in [0, 0.05) is 12.1 Å². The van der Waals surface area contributed by atoms with Crippen molar-refractivity contribution in [2.45, 2.75) is 19.9 Å². The lowest BCUT2D eigenvalue weighted by atomic mass is 10.1. The summed E-state index contributed by atoms with van der Waals surface area (Å²) >= 11 is 0. The average molecular weight is 358 g/mol. The molecule has 26 heavy (non-hydrogen) atoms. The molecule has 0 aliphatic rings. The SMILES string of the molecule is CCCNC(=O)CNC(=O)C[NH+](C)Cc1ccc2cc(OC)ccc2c1. The van der Waals surface area contributed by atoms with Crippen LogP contribution in [0.2, 0.25) is 0 Å². The average Bonchev–Trinajstić information content (AvgIpc) is 2.64. The lowest BCUT2D eigenvalue weighted by molar-refractivity contribution is -0.885. The molecule has 0 bridgehead atoms. The minimum Gasteiger partial charge on any atom is -0.497 e. The molecule has 1 unspecified atom stereocenters. The summed E-state index contributed by atoms with van der Waals surface area (Å²) in [5.41, 5.74) is 1.16. The van der Waals surface area contributed by atoms with Gasteiger partial charge in [0.2, 0.25) is 5.91 Å². The fourth-order valence-electron chi connectivity index (χ4n) is 2.76. The Morgan fingerprint density at radius 3 is 2.50 bits per heavy atom. The van der Waals surface area contributed by atoms with Crippen molar-refractivity contribution in [3.8, 4) is 5.75 Å². The van der Waals surface area contributed by atoms with E-state index in [0.717, 1.165) is 40.0 Å². The van der Waals surface area contributed by atoms with Crippen molar-refractivity contribution in [1.29, 1.82) is 0 Å². The number of hydrogen-bond donors (Lipinski definition) is 3. The van der Waals surface area contributed by atoms with E-state index in [1.165, 1.54) is 0 Å². The number of benzene rings is 2. The first kappa shape index (κ1) is 19.7. The number of amides is 2. The quantitative estimate of drug-likeness (QED) is 0.611. The van der Waals surface area contributed by atoms with Gasteiger partial charge in [0.25, 0.3) is 5.91 Å². The van der Waals surface area contributed by atoms with Gasteiger partial charge >= 0.3 is 0 Å². The van der Waals surface area contributed by atoms with Crippen LogP contribution in [0.3, 0.4) is 0 Å². The Labute approximate surface area is 154 Å². The predicted octanol–water partition coefficient (Wildman–Crippen LogP) is 0.506. The van der Waals surface area contributed by atoms with Crippen molar-refractivity contribution in [3.05, 3.63) is 42.0 Å². The van der Waals surface area contributed by atoms with Crippen LogP contribution < -0.4 is 20.3 Å². The van der Waals surface area contributed by atoms with E-state index in [-0.39, 0.29) is 18.4 Å². The molecule has 2 amide bonds. The molecule has 6 nitrogen and oxygen atoms in total. The number of rotatable bonds is 9. The molecule has 2 aromatic carbocycles. The molecule has 140 valence electrons. The standard InChI is InChI=1S/C20H27N3O3/c1-4-9-21-19(24)12-22-20(25)14-23(2)13-15-5-6-17-11-18(26-3)8-7-16(17)10-15/h5-8,10-11H,4,9,12-14H2,1-3H3,(H,21,24)(H,22,25)/p+1. The third kappa shape index (κ3) is 6.04. The van der Waals surface area contributed by atoms with E-state index >= 15 is 0 Å². The monoisotopic (exact) mass is 358 g/mol. The first-order valence-electron chi connectivity index (χ1n) is 8.93. The van der Waals surface area contributed by atoms with Crippen molar-refractivity contribution in [2.24, 2.45) is 0 Å².